The Bertz CT molecular complexity index is 2350. The number of aryl methyl sites for hydroxylation is 6. The van der Waals surface area contributed by atoms with Crippen molar-refractivity contribution in [2.24, 2.45) is 11.3 Å². The van der Waals surface area contributed by atoms with Crippen molar-refractivity contribution in [2.75, 3.05) is 0 Å². The molecule has 1 unspecified atom stereocenters. The van der Waals surface area contributed by atoms with Crippen molar-refractivity contribution in [3.8, 4) is 33.4 Å². The molecule has 61 heavy (non-hydrogen) atoms. The first-order chi connectivity index (χ1) is 28.0. The molecule has 8 rings (SSSR count). The molecule has 314 valence electrons. The van der Waals surface area contributed by atoms with Gasteiger partial charge in [0, 0.05) is 0 Å². The van der Waals surface area contributed by atoms with E-state index in [1.165, 1.54) is 135 Å². The van der Waals surface area contributed by atoms with Crippen LogP contribution in [-0.4, -0.2) is 3.21 Å². The van der Waals surface area contributed by atoms with Crippen molar-refractivity contribution in [1.82, 2.24) is 0 Å². The number of halogens is 4. The summed E-state index contributed by atoms with van der Waals surface area (Å²) < 4.78 is 1.31. The molecular formula is C56H56Cl4Zr-2. The average molecular weight is 962 g/mol. The quantitative estimate of drug-likeness (QED) is 0.146. The maximum absolute atomic E-state index is 5.86. The summed E-state index contributed by atoms with van der Waals surface area (Å²) in [7, 11) is 0. The van der Waals surface area contributed by atoms with Gasteiger partial charge in [0.15, 0.2) is 0 Å². The molecule has 0 fully saturated rings. The summed E-state index contributed by atoms with van der Waals surface area (Å²) in [5.41, 5.74) is 22.9. The topological polar surface area (TPSA) is 0 Å². The monoisotopic (exact) mass is 958 g/mol. The average Bonchev–Trinajstić information content (AvgIpc) is 3.80. The molecule has 0 bridgehead atoms. The smallest absolute Gasteiger partial charge is 1.00 e. The number of hydrogen-bond acceptors (Lipinski definition) is 0. The van der Waals surface area contributed by atoms with Gasteiger partial charge in [0.1, 0.15) is 0 Å². The third-order valence-corrected chi connectivity index (χ3v) is 13.2. The van der Waals surface area contributed by atoms with Crippen LogP contribution in [0.1, 0.15) is 96.2 Å². The van der Waals surface area contributed by atoms with Crippen LogP contribution in [-0.2, 0) is 30.7 Å². The third-order valence-electron chi connectivity index (χ3n) is 11.3. The first kappa shape index (κ1) is 50.4. The van der Waals surface area contributed by atoms with Gasteiger partial charge in [0.25, 0.3) is 0 Å². The van der Waals surface area contributed by atoms with Crippen molar-refractivity contribution >= 4 is 26.4 Å². The van der Waals surface area contributed by atoms with Crippen LogP contribution in [0.5, 0.6) is 0 Å². The number of hydrogen-bond donors (Lipinski definition) is 0. The van der Waals surface area contributed by atoms with Crippen molar-refractivity contribution in [3.05, 3.63) is 199 Å². The van der Waals surface area contributed by atoms with Crippen LogP contribution in [0.3, 0.4) is 0 Å². The molecule has 0 saturated heterocycles. The van der Waals surface area contributed by atoms with Gasteiger partial charge in [-0.3, -0.25) is 6.08 Å². The minimum atomic E-state index is 0. The molecule has 1 atom stereocenters. The van der Waals surface area contributed by atoms with E-state index >= 15 is 0 Å². The van der Waals surface area contributed by atoms with Gasteiger partial charge in [-0.1, -0.05) is 133 Å². The normalized spacial score (nSPS) is 13.3. The minimum Gasteiger partial charge on any atom is -1.00 e. The summed E-state index contributed by atoms with van der Waals surface area (Å²) in [6.45, 7) is 22.2. The van der Waals surface area contributed by atoms with Gasteiger partial charge in [-0.25, -0.2) is 6.08 Å². The fourth-order valence-corrected chi connectivity index (χ4v) is 9.59. The van der Waals surface area contributed by atoms with Crippen LogP contribution in [0.4, 0.5) is 0 Å². The molecule has 2 aliphatic rings. The van der Waals surface area contributed by atoms with Crippen LogP contribution >= 0.6 is 23.2 Å². The zero-order valence-corrected chi connectivity index (χ0v) is 42.7. The Balaban J connectivity index is 0.000000229. The molecule has 0 radical (unpaired) electrons. The predicted octanol–water partition coefficient (Wildman–Crippen LogP) is 10.1. The molecule has 6 aromatic rings. The van der Waals surface area contributed by atoms with E-state index in [1.807, 2.05) is 48.5 Å². The maximum atomic E-state index is 5.86. The van der Waals surface area contributed by atoms with Crippen LogP contribution in [0.25, 0.3) is 33.4 Å². The molecule has 0 nitrogen and oxygen atoms in total. The zero-order valence-electron chi connectivity index (χ0n) is 37.2. The third kappa shape index (κ3) is 12.5. The molecule has 0 heterocycles. The van der Waals surface area contributed by atoms with Crippen molar-refractivity contribution < 1.29 is 49.0 Å². The van der Waals surface area contributed by atoms with Gasteiger partial charge >= 0.3 is 120 Å². The van der Waals surface area contributed by atoms with E-state index in [0.717, 1.165) is 16.5 Å². The number of fused-ring (bicyclic) bond motifs is 3. The summed E-state index contributed by atoms with van der Waals surface area (Å²) >= 11 is 13.1. The van der Waals surface area contributed by atoms with Crippen LogP contribution in [0, 0.1) is 65.0 Å². The molecule has 2 aliphatic carbocycles. The van der Waals surface area contributed by atoms with E-state index in [4.69, 9.17) is 23.2 Å². The minimum absolute atomic E-state index is 0. The van der Waals surface area contributed by atoms with Crippen molar-refractivity contribution in [1.29, 1.82) is 0 Å². The van der Waals surface area contributed by atoms with Gasteiger partial charge in [-0.2, -0.15) is 11.6 Å². The summed E-state index contributed by atoms with van der Waals surface area (Å²) in [6.07, 6.45) is 11.4. The zero-order chi connectivity index (χ0) is 42.6. The van der Waals surface area contributed by atoms with E-state index < -0.39 is 0 Å². The molecular weight excluding hydrogens is 906 g/mol. The van der Waals surface area contributed by atoms with Gasteiger partial charge < -0.3 is 24.8 Å². The van der Waals surface area contributed by atoms with Gasteiger partial charge in [0.05, 0.1) is 0 Å². The first-order valence-corrected chi connectivity index (χ1v) is 22.8. The van der Waals surface area contributed by atoms with E-state index in [1.54, 1.807) is 0 Å². The van der Waals surface area contributed by atoms with Crippen LogP contribution in [0.2, 0.25) is 10.0 Å². The number of allylic oxidation sites excluding steroid dienone is 4. The Morgan fingerprint density at radius 3 is 1.62 bits per heavy atom. The van der Waals surface area contributed by atoms with Gasteiger partial charge in [-0.05, 0) is 75.8 Å². The Hall–Kier alpha value is -3.29. The molecule has 0 aromatic heterocycles. The summed E-state index contributed by atoms with van der Waals surface area (Å²) in [5, 5.41) is 1.53. The van der Waals surface area contributed by atoms with E-state index in [9.17, 15) is 0 Å². The molecule has 0 amide bonds. The van der Waals surface area contributed by atoms with Gasteiger partial charge in [-0.15, -0.1) is 29.3 Å². The van der Waals surface area contributed by atoms with Crippen molar-refractivity contribution in [3.63, 3.8) is 0 Å². The fraction of sp³-hybridized carbons (Fsp3) is 0.268. The second-order valence-electron chi connectivity index (χ2n) is 17.3. The number of rotatable bonds is 6. The van der Waals surface area contributed by atoms with E-state index in [0.29, 0.717) is 11.3 Å². The summed E-state index contributed by atoms with van der Waals surface area (Å²) in [5.74, 6) is 0.587. The molecule has 0 saturated carbocycles. The molecule has 5 heteroatoms. The van der Waals surface area contributed by atoms with Crippen LogP contribution < -0.4 is 24.8 Å². The Morgan fingerprint density at radius 2 is 1.15 bits per heavy atom. The Morgan fingerprint density at radius 1 is 0.656 bits per heavy atom. The largest absolute Gasteiger partial charge is 1.00 e. The maximum Gasteiger partial charge on any atom is -1.00 e. The summed E-state index contributed by atoms with van der Waals surface area (Å²) in [4.78, 5) is 0. The van der Waals surface area contributed by atoms with Gasteiger partial charge in [0.2, 0.25) is 0 Å². The molecule has 0 aliphatic heterocycles. The van der Waals surface area contributed by atoms with Crippen LogP contribution in [0.15, 0.2) is 121 Å². The molecule has 0 N–H and O–H groups in total. The predicted molar refractivity (Wildman–Crippen MR) is 253 cm³/mol. The van der Waals surface area contributed by atoms with E-state index in [2.05, 4.69) is 148 Å². The van der Waals surface area contributed by atoms with Crippen molar-refractivity contribution in [2.45, 2.75) is 88.5 Å². The standard InChI is InChI=1S/C31H29.C13H8Cl2.C12H19.2ClH.Zr/c1-18-11-20(3)30(21(4)12-18)24-7-9-28-26(15-24)17-27-16-25(8-10-29(27)28)31-22(5)13-19(2)14-23(31)6;14-12-5-1-10(2-6-12)9-11-3-7-13(15)8-4-11;1-5-6-10-7-8-11(9-10)12(2,3)4;;;/h7-15H,17H2,1-6H3;1-8H;8-10H,5-6H2,1-4H3;2*1H;/q-1;;-1;;;+2/p-2. The Labute approximate surface area is 404 Å². The molecule has 0 spiro atoms. The SMILES string of the molecule is CCCC1[C-]=CC(C(C)(C)C)=C1.Cc1cc(C)c(-c2[c-]c3c(cc2)-c2ccc(-c4c(C)cc(C)cc4C)cc2C3)c(C)c1.Clc1ccc([C](=[Zr+2])c2ccc(Cl)cc2)cc1.[Cl-].[Cl-]. The second kappa shape index (κ2) is 21.9. The Kier molecular flexibility index (Phi) is 18.1. The molecule has 6 aromatic carbocycles. The first-order valence-electron chi connectivity index (χ1n) is 20.8. The number of benzene rings is 6. The fourth-order valence-electron chi connectivity index (χ4n) is 8.52. The summed E-state index contributed by atoms with van der Waals surface area (Å²) in [6, 6.07) is 40.3. The second-order valence-corrected chi connectivity index (χ2v) is 19.4. The van der Waals surface area contributed by atoms with E-state index in [-0.39, 0.29) is 24.8 Å².